The third-order valence-corrected chi connectivity index (χ3v) is 6.21. The van der Waals surface area contributed by atoms with Crippen LogP contribution in [0.2, 0.25) is 0 Å². The average molecular weight is 367 g/mol. The Kier molecular flexibility index (Phi) is 4.76. The van der Waals surface area contributed by atoms with Crippen LogP contribution in [0.25, 0.3) is 0 Å². The van der Waals surface area contributed by atoms with Crippen molar-refractivity contribution in [3.63, 3.8) is 0 Å². The number of rotatable bonds is 2. The maximum absolute atomic E-state index is 12.5. The molecule has 0 bridgehead atoms. The molecule has 0 N–H and O–H groups in total. The molecule has 2 aliphatic rings. The summed E-state index contributed by atoms with van der Waals surface area (Å²) in [4.78, 5) is 20.6. The number of amides is 1. The van der Waals surface area contributed by atoms with Crippen LogP contribution in [0.1, 0.15) is 26.5 Å². The molecule has 0 saturated carbocycles. The molecule has 2 atom stereocenters. The van der Waals surface area contributed by atoms with Crippen molar-refractivity contribution in [2.24, 2.45) is 0 Å². The smallest absolute Gasteiger partial charge is 0.410 e. The van der Waals surface area contributed by atoms with Gasteiger partial charge in [0, 0.05) is 31.9 Å². The Bertz CT molecular complexity index is 730. The van der Waals surface area contributed by atoms with Gasteiger partial charge in [-0.25, -0.2) is 13.2 Å². The number of sulfone groups is 1. The zero-order chi connectivity index (χ0) is 18.2. The zero-order valence-corrected chi connectivity index (χ0v) is 15.7. The quantitative estimate of drug-likeness (QED) is 0.784. The number of piperazine rings is 1. The first-order valence-electron chi connectivity index (χ1n) is 8.49. The highest BCUT2D eigenvalue weighted by Crippen LogP contribution is 2.29. The molecule has 1 amide bonds. The predicted molar refractivity (Wildman–Crippen MR) is 93.8 cm³/mol. The Morgan fingerprint density at radius 1 is 1.24 bits per heavy atom. The predicted octanol–water partition coefficient (Wildman–Crippen LogP) is 1.30. The largest absolute Gasteiger partial charge is 0.444 e. The van der Waals surface area contributed by atoms with Crippen molar-refractivity contribution in [1.82, 2.24) is 14.8 Å². The highest BCUT2D eigenvalue weighted by atomic mass is 32.2. The lowest BCUT2D eigenvalue weighted by Gasteiger charge is -2.43. The molecular formula is C17H25N3O4S. The van der Waals surface area contributed by atoms with E-state index in [0.717, 1.165) is 5.69 Å². The molecule has 2 aliphatic heterocycles. The Balaban J connectivity index is 1.79. The maximum Gasteiger partial charge on any atom is 0.410 e. The minimum Gasteiger partial charge on any atom is -0.444 e. The van der Waals surface area contributed by atoms with Crippen molar-refractivity contribution in [1.29, 1.82) is 0 Å². The summed E-state index contributed by atoms with van der Waals surface area (Å²) in [6, 6.07) is 5.12. The fourth-order valence-corrected chi connectivity index (χ4v) is 5.48. The molecule has 7 nitrogen and oxygen atoms in total. The van der Waals surface area contributed by atoms with E-state index in [4.69, 9.17) is 4.74 Å². The van der Waals surface area contributed by atoms with Crippen molar-refractivity contribution in [2.45, 2.75) is 45.0 Å². The minimum atomic E-state index is -3.18. The highest BCUT2D eigenvalue weighted by Gasteiger charge is 2.48. The van der Waals surface area contributed by atoms with Gasteiger partial charge < -0.3 is 9.64 Å². The lowest BCUT2D eigenvalue weighted by molar-refractivity contribution is -0.0107. The molecule has 25 heavy (non-hydrogen) atoms. The lowest BCUT2D eigenvalue weighted by Crippen LogP contribution is -2.60. The summed E-state index contributed by atoms with van der Waals surface area (Å²) >= 11 is 0. The standard InChI is InChI=1S/C17H25N3O4S/c1-17(2,3)24-16(21)20-9-8-19(10-13-6-4-5-7-18-13)14-11-25(22,23)12-15(14)20/h4-7,14-15H,8-12H2,1-3H3/t14-,15-/m1/s1. The molecule has 0 unspecified atom stereocenters. The van der Waals surface area contributed by atoms with Crippen molar-refractivity contribution in [3.8, 4) is 0 Å². The zero-order valence-electron chi connectivity index (χ0n) is 14.9. The van der Waals surface area contributed by atoms with Crippen LogP contribution in [-0.2, 0) is 21.1 Å². The third kappa shape index (κ3) is 4.30. The van der Waals surface area contributed by atoms with Gasteiger partial charge in [0.25, 0.3) is 0 Å². The van der Waals surface area contributed by atoms with Crippen LogP contribution in [0, 0.1) is 0 Å². The third-order valence-electron chi connectivity index (χ3n) is 4.51. The molecule has 0 aliphatic carbocycles. The van der Waals surface area contributed by atoms with Crippen molar-refractivity contribution < 1.29 is 17.9 Å². The van der Waals surface area contributed by atoms with Crippen LogP contribution >= 0.6 is 0 Å². The van der Waals surface area contributed by atoms with E-state index in [2.05, 4.69) is 9.88 Å². The van der Waals surface area contributed by atoms with Crippen LogP contribution in [0.5, 0.6) is 0 Å². The molecule has 3 rings (SSSR count). The van der Waals surface area contributed by atoms with Gasteiger partial charge in [-0.3, -0.25) is 9.88 Å². The first kappa shape index (κ1) is 18.1. The normalized spacial score (nSPS) is 26.3. The fraction of sp³-hybridized carbons (Fsp3) is 0.647. The van der Waals surface area contributed by atoms with Gasteiger partial charge in [0.05, 0.1) is 23.2 Å². The van der Waals surface area contributed by atoms with Gasteiger partial charge in [-0.2, -0.15) is 0 Å². The van der Waals surface area contributed by atoms with Gasteiger partial charge in [0.15, 0.2) is 9.84 Å². The number of aromatic nitrogens is 1. The van der Waals surface area contributed by atoms with Gasteiger partial charge >= 0.3 is 6.09 Å². The van der Waals surface area contributed by atoms with Crippen LogP contribution < -0.4 is 0 Å². The molecule has 138 valence electrons. The molecule has 0 aromatic carbocycles. The van der Waals surface area contributed by atoms with E-state index < -0.39 is 21.5 Å². The minimum absolute atomic E-state index is 0.00434. The van der Waals surface area contributed by atoms with Crippen LogP contribution in [-0.4, -0.2) is 71.6 Å². The number of ether oxygens (including phenoxy) is 1. The van der Waals surface area contributed by atoms with E-state index in [-0.39, 0.29) is 23.6 Å². The van der Waals surface area contributed by atoms with E-state index in [0.29, 0.717) is 19.6 Å². The summed E-state index contributed by atoms with van der Waals surface area (Å²) < 4.78 is 29.9. The van der Waals surface area contributed by atoms with E-state index in [1.165, 1.54) is 0 Å². The molecule has 1 aromatic rings. The Morgan fingerprint density at radius 2 is 1.96 bits per heavy atom. The maximum atomic E-state index is 12.5. The average Bonchev–Trinajstić information content (AvgIpc) is 2.82. The summed E-state index contributed by atoms with van der Waals surface area (Å²) in [7, 11) is -3.18. The van der Waals surface area contributed by atoms with Crippen molar-refractivity contribution in [3.05, 3.63) is 30.1 Å². The summed E-state index contributed by atoms with van der Waals surface area (Å²) in [5.74, 6) is 0.0689. The van der Waals surface area contributed by atoms with Gasteiger partial charge in [-0.15, -0.1) is 0 Å². The Labute approximate surface area is 148 Å². The number of carbonyl (C=O) groups is 1. The van der Waals surface area contributed by atoms with E-state index in [1.54, 1.807) is 11.1 Å². The number of fused-ring (bicyclic) bond motifs is 1. The Morgan fingerprint density at radius 3 is 2.60 bits per heavy atom. The second-order valence-corrected chi connectivity index (χ2v) is 9.83. The number of hydrogen-bond donors (Lipinski definition) is 0. The monoisotopic (exact) mass is 367 g/mol. The lowest BCUT2D eigenvalue weighted by atomic mass is 10.0. The number of nitrogens with zero attached hydrogens (tertiary/aromatic N) is 3. The molecule has 1 aromatic heterocycles. The van der Waals surface area contributed by atoms with Crippen LogP contribution in [0.15, 0.2) is 24.4 Å². The van der Waals surface area contributed by atoms with Gasteiger partial charge in [-0.1, -0.05) is 6.07 Å². The Hall–Kier alpha value is -1.67. The topological polar surface area (TPSA) is 79.8 Å². The second-order valence-electron chi connectivity index (χ2n) is 7.68. The molecule has 0 radical (unpaired) electrons. The van der Waals surface area contributed by atoms with E-state index in [1.807, 2.05) is 39.0 Å². The van der Waals surface area contributed by atoms with Crippen molar-refractivity contribution >= 4 is 15.9 Å². The first-order chi connectivity index (χ1) is 11.6. The summed E-state index contributed by atoms with van der Waals surface area (Å²) in [6.07, 6.45) is 1.30. The van der Waals surface area contributed by atoms with Gasteiger partial charge in [0.1, 0.15) is 5.60 Å². The number of carbonyl (C=O) groups excluding carboxylic acids is 1. The molecule has 0 spiro atoms. The molecular weight excluding hydrogens is 342 g/mol. The SMILES string of the molecule is CC(C)(C)OC(=O)N1CCN(Cc2ccccn2)[C@@H]2CS(=O)(=O)C[C@H]21. The first-order valence-corrected chi connectivity index (χ1v) is 10.3. The van der Waals surface area contributed by atoms with Gasteiger partial charge in [0.2, 0.25) is 0 Å². The van der Waals surface area contributed by atoms with E-state index >= 15 is 0 Å². The summed E-state index contributed by atoms with van der Waals surface area (Å²) in [5.41, 5.74) is 0.297. The summed E-state index contributed by atoms with van der Waals surface area (Å²) in [6.45, 7) is 7.08. The molecule has 2 fully saturated rings. The highest BCUT2D eigenvalue weighted by molar-refractivity contribution is 7.91. The van der Waals surface area contributed by atoms with E-state index in [9.17, 15) is 13.2 Å². The number of hydrogen-bond acceptors (Lipinski definition) is 6. The second kappa shape index (κ2) is 6.57. The van der Waals surface area contributed by atoms with Gasteiger partial charge in [-0.05, 0) is 32.9 Å². The molecule has 8 heteroatoms. The van der Waals surface area contributed by atoms with Crippen LogP contribution in [0.4, 0.5) is 4.79 Å². The van der Waals surface area contributed by atoms with Crippen LogP contribution in [0.3, 0.4) is 0 Å². The number of pyridine rings is 1. The summed E-state index contributed by atoms with van der Waals surface area (Å²) in [5, 5.41) is 0. The molecule has 3 heterocycles. The molecule has 2 saturated heterocycles. The van der Waals surface area contributed by atoms with Crippen molar-refractivity contribution in [2.75, 3.05) is 24.6 Å². The fourth-order valence-electron chi connectivity index (χ4n) is 3.47.